The number of carbonyl (C=O) groups excluding carboxylic acids is 2. The number of aliphatic carboxylic acids is 1. The second kappa shape index (κ2) is 7.98. The van der Waals surface area contributed by atoms with Crippen molar-refractivity contribution in [3.63, 3.8) is 0 Å². The summed E-state index contributed by atoms with van der Waals surface area (Å²) in [5.41, 5.74) is -0.477. The van der Waals surface area contributed by atoms with Crippen molar-refractivity contribution in [1.29, 1.82) is 0 Å². The fraction of sp³-hybridized carbons (Fsp3) is 0.357. The Bertz CT molecular complexity index is 759. The van der Waals surface area contributed by atoms with Crippen LogP contribution in [0, 0.1) is 5.82 Å². The van der Waals surface area contributed by atoms with E-state index < -0.39 is 54.4 Å². The number of hydrogen-bond donors (Lipinski definition) is 3. The molecule has 0 unspecified atom stereocenters. The number of hydrogen-bond acceptors (Lipinski definition) is 3. The average molecular weight is 302 g/mol. The van der Waals surface area contributed by atoms with Gasteiger partial charge in [-0.15, -0.1) is 0 Å². The van der Waals surface area contributed by atoms with E-state index in [-0.39, 0.29) is 0 Å². The zero-order valence-corrected chi connectivity index (χ0v) is 10.9. The van der Waals surface area contributed by atoms with Crippen molar-refractivity contribution in [1.82, 2.24) is 10.6 Å². The normalized spacial score (nSPS) is 17.8. The lowest BCUT2D eigenvalue weighted by molar-refractivity contribution is -0.139. The quantitative estimate of drug-likeness (QED) is 0.694. The molecule has 0 radical (unpaired) electrons. The summed E-state index contributed by atoms with van der Waals surface area (Å²) in [6.07, 6.45) is -7.09. The lowest BCUT2D eigenvalue weighted by Gasteiger charge is -2.14. The molecular formula is C14H17FN2O4. The second-order valence-corrected chi connectivity index (χ2v) is 3.84. The maximum Gasteiger partial charge on any atom is 0.303 e. The van der Waals surface area contributed by atoms with Gasteiger partial charge in [0.05, 0.1) is 9.11 Å². The third kappa shape index (κ3) is 6.03. The van der Waals surface area contributed by atoms with E-state index in [1.807, 2.05) is 5.32 Å². The van der Waals surface area contributed by atoms with Gasteiger partial charge < -0.3 is 15.7 Å². The van der Waals surface area contributed by atoms with Crippen LogP contribution < -0.4 is 10.6 Å². The lowest BCUT2D eigenvalue weighted by Crippen LogP contribution is -2.44. The van der Waals surface area contributed by atoms with Gasteiger partial charge in [0.1, 0.15) is 11.9 Å². The Labute approximate surface area is 129 Å². The van der Waals surface area contributed by atoms with Crippen molar-refractivity contribution in [2.45, 2.75) is 32.2 Å². The van der Waals surface area contributed by atoms with Gasteiger partial charge in [0, 0.05) is 23.9 Å². The molecule has 0 aromatic heterocycles. The molecule has 6 nitrogen and oxygen atoms in total. The maximum absolute atomic E-state index is 13.7. The first-order valence-electron chi connectivity index (χ1n) is 8.76. The fourth-order valence-corrected chi connectivity index (χ4v) is 1.21. The van der Waals surface area contributed by atoms with Crippen LogP contribution in [-0.4, -0.2) is 28.9 Å². The molecular weight excluding hydrogens is 279 g/mol. The number of nitrogens with one attached hydrogen (secondary N) is 2. The molecule has 0 saturated carbocycles. The third-order valence-electron chi connectivity index (χ3n) is 2.22. The molecule has 0 bridgehead atoms. The zero-order valence-electron chi connectivity index (χ0n) is 16.9. The van der Waals surface area contributed by atoms with E-state index in [1.165, 1.54) is 12.1 Å². The minimum absolute atomic E-state index is 0.477. The molecule has 0 aliphatic rings. The van der Waals surface area contributed by atoms with Crippen LogP contribution in [0.5, 0.6) is 0 Å². The predicted molar refractivity (Wildman–Crippen MR) is 72.7 cm³/mol. The Hall–Kier alpha value is -2.44. The van der Waals surface area contributed by atoms with Crippen molar-refractivity contribution in [2.75, 3.05) is 0 Å². The minimum Gasteiger partial charge on any atom is -0.481 e. The topological polar surface area (TPSA) is 95.5 Å². The van der Waals surface area contributed by atoms with Gasteiger partial charge in [-0.2, -0.15) is 0 Å². The van der Waals surface area contributed by atoms with Crippen molar-refractivity contribution in [3.8, 4) is 0 Å². The molecule has 0 heterocycles. The maximum atomic E-state index is 13.7. The van der Waals surface area contributed by atoms with Crippen molar-refractivity contribution in [2.24, 2.45) is 0 Å². The molecule has 7 heteroatoms. The monoisotopic (exact) mass is 302 g/mol. The summed E-state index contributed by atoms with van der Waals surface area (Å²) in [5.74, 6) is -6.02. The Balaban J connectivity index is 2.90. The Morgan fingerprint density at radius 2 is 2.00 bits per heavy atom. The van der Waals surface area contributed by atoms with Crippen molar-refractivity contribution < 1.29 is 32.1 Å². The highest BCUT2D eigenvalue weighted by atomic mass is 19.1. The summed E-state index contributed by atoms with van der Waals surface area (Å²) in [6, 6.07) is 3.17. The molecule has 0 aliphatic heterocycles. The molecule has 21 heavy (non-hydrogen) atoms. The van der Waals surface area contributed by atoms with Crippen LogP contribution in [0.2, 0.25) is 0 Å². The number of halogens is 1. The van der Waals surface area contributed by atoms with Crippen LogP contribution in [0.25, 0.3) is 0 Å². The number of carboxylic acid groups (broad SMARTS) is 1. The first-order chi connectivity index (χ1) is 12.1. The van der Waals surface area contributed by atoms with Crippen LogP contribution >= 0.6 is 0 Å². The molecule has 2 amide bonds. The van der Waals surface area contributed by atoms with E-state index in [0.717, 1.165) is 19.1 Å². The molecule has 1 atom stereocenters. The summed E-state index contributed by atoms with van der Waals surface area (Å²) in [6.45, 7) is -1.62. The number of benzene rings is 1. The van der Waals surface area contributed by atoms with Crippen LogP contribution in [0.15, 0.2) is 24.3 Å². The predicted octanol–water partition coefficient (Wildman–Crippen LogP) is 0.811. The highest BCUT2D eigenvalue weighted by molar-refractivity contribution is 5.88. The van der Waals surface area contributed by atoms with Gasteiger partial charge in [0.2, 0.25) is 11.8 Å². The first kappa shape index (κ1) is 9.49. The van der Waals surface area contributed by atoms with Crippen LogP contribution in [0.4, 0.5) is 4.39 Å². The average Bonchev–Trinajstić information content (AvgIpc) is 2.53. The van der Waals surface area contributed by atoms with Gasteiger partial charge >= 0.3 is 5.97 Å². The molecule has 0 aliphatic carbocycles. The molecule has 0 fully saturated rings. The summed E-state index contributed by atoms with van der Waals surface area (Å²) in [7, 11) is 0. The lowest BCUT2D eigenvalue weighted by atomic mass is 10.2. The summed E-state index contributed by atoms with van der Waals surface area (Å²) >= 11 is 0. The molecule has 3 N–H and O–H groups in total. The van der Waals surface area contributed by atoms with E-state index in [0.29, 0.717) is 0 Å². The molecule has 0 spiro atoms. The molecule has 1 rings (SSSR count). The summed E-state index contributed by atoms with van der Waals surface area (Å²) in [4.78, 5) is 34.8. The largest absolute Gasteiger partial charge is 0.481 e. The van der Waals surface area contributed by atoms with E-state index in [2.05, 4.69) is 0 Å². The van der Waals surface area contributed by atoms with Crippen molar-refractivity contribution in [3.05, 3.63) is 35.6 Å². The molecule has 0 saturated heterocycles. The number of carbonyl (C=O) groups is 3. The van der Waals surface area contributed by atoms with Crippen LogP contribution in [0.1, 0.15) is 33.5 Å². The Morgan fingerprint density at radius 3 is 2.62 bits per heavy atom. The van der Waals surface area contributed by atoms with Gasteiger partial charge in [-0.3, -0.25) is 14.4 Å². The van der Waals surface area contributed by atoms with Crippen LogP contribution in [-0.2, 0) is 20.9 Å². The standard InChI is InChI=1S/C14H17FN2O4/c1-9(17-12(18)6-7-13(19)20)14(21)16-8-10-4-2-3-5-11(10)15/h2-5,9H,6-8H2,1H3,(H,16,21)(H,17,18)(H,19,20)/t9-/m1/s1/i6D2,7D2,8D2. The van der Waals surface area contributed by atoms with Gasteiger partial charge in [-0.25, -0.2) is 4.39 Å². The Kier molecular flexibility index (Phi) is 3.61. The van der Waals surface area contributed by atoms with Crippen LogP contribution in [0.3, 0.4) is 0 Å². The highest BCUT2D eigenvalue weighted by Crippen LogP contribution is 2.05. The van der Waals surface area contributed by atoms with E-state index >= 15 is 0 Å². The molecule has 114 valence electrons. The third-order valence-corrected chi connectivity index (χ3v) is 2.22. The minimum atomic E-state index is -3.57. The van der Waals surface area contributed by atoms with E-state index in [9.17, 15) is 18.8 Å². The highest BCUT2D eigenvalue weighted by Gasteiger charge is 2.16. The van der Waals surface area contributed by atoms with Gasteiger partial charge in [0.15, 0.2) is 0 Å². The van der Waals surface area contributed by atoms with E-state index in [1.54, 1.807) is 5.32 Å². The van der Waals surface area contributed by atoms with Crippen molar-refractivity contribution >= 4 is 17.8 Å². The van der Waals surface area contributed by atoms with Gasteiger partial charge in [-0.05, 0) is 13.0 Å². The van der Waals surface area contributed by atoms with Gasteiger partial charge in [0.25, 0.3) is 0 Å². The SMILES string of the molecule is [2H]C([2H])(NC(=O)[C@@H](C)NC(=O)C([2H])([2H])C([2H])([2H])C(=O)O)c1ccccc1F. The molecule has 1 aromatic rings. The Morgan fingerprint density at radius 1 is 1.33 bits per heavy atom. The summed E-state index contributed by atoms with van der Waals surface area (Å²) in [5, 5.41) is 12.3. The number of rotatable bonds is 7. The number of carboxylic acids is 1. The second-order valence-electron chi connectivity index (χ2n) is 3.84. The van der Waals surface area contributed by atoms with E-state index in [4.69, 9.17) is 13.3 Å². The first-order valence-corrected chi connectivity index (χ1v) is 5.76. The number of amides is 2. The van der Waals surface area contributed by atoms with Gasteiger partial charge in [-0.1, -0.05) is 18.2 Å². The molecule has 1 aromatic carbocycles. The smallest absolute Gasteiger partial charge is 0.303 e. The fourth-order valence-electron chi connectivity index (χ4n) is 1.21. The zero-order chi connectivity index (χ0) is 21.2. The summed E-state index contributed by atoms with van der Waals surface area (Å²) < 4.78 is 58.3.